The Bertz CT molecular complexity index is 1050. The molecule has 37 heavy (non-hydrogen) atoms. The Balaban J connectivity index is 1.82. The van der Waals surface area contributed by atoms with Crippen molar-refractivity contribution in [2.75, 3.05) is 20.8 Å². The summed E-state index contributed by atoms with van der Waals surface area (Å²) in [6.07, 6.45) is 8.70. The number of methoxy groups -OCH3 is 2. The lowest BCUT2D eigenvalue weighted by Gasteiger charge is -2.35. The summed E-state index contributed by atoms with van der Waals surface area (Å²) in [5, 5.41) is 9.37. The second-order valence-corrected chi connectivity index (χ2v) is 9.79. The fraction of sp³-hybridized carbons (Fsp3) is 0.516. The molecule has 1 atom stereocenters. The number of rotatable bonds is 13. The smallest absolute Gasteiger partial charge is 0.304 e. The molecule has 1 aliphatic heterocycles. The number of carbonyl (C=O) groups is 1. The van der Waals surface area contributed by atoms with Crippen molar-refractivity contribution in [3.8, 4) is 17.2 Å². The molecule has 1 saturated heterocycles. The predicted molar refractivity (Wildman–Crippen MR) is 149 cm³/mol. The van der Waals surface area contributed by atoms with E-state index < -0.39 is 5.97 Å². The van der Waals surface area contributed by atoms with E-state index in [0.29, 0.717) is 30.4 Å². The van der Waals surface area contributed by atoms with Crippen LogP contribution in [0.2, 0.25) is 0 Å². The van der Waals surface area contributed by atoms with Gasteiger partial charge in [-0.2, -0.15) is 0 Å². The molecule has 0 amide bonds. The van der Waals surface area contributed by atoms with E-state index in [4.69, 9.17) is 14.2 Å². The summed E-state index contributed by atoms with van der Waals surface area (Å²) in [5.74, 6) is 1.30. The molecule has 0 bridgehead atoms. The number of nitrogens with zero attached hydrogens (tertiary/aromatic N) is 1. The van der Waals surface area contributed by atoms with E-state index in [-0.39, 0.29) is 12.5 Å². The molecular weight excluding hydrogens is 466 g/mol. The van der Waals surface area contributed by atoms with Crippen molar-refractivity contribution in [3.05, 3.63) is 58.7 Å². The molecule has 0 saturated carbocycles. The van der Waals surface area contributed by atoms with Gasteiger partial charge in [0, 0.05) is 24.7 Å². The maximum atomic E-state index is 11.4. The third-order valence-electron chi connectivity index (χ3n) is 7.26. The average molecular weight is 510 g/mol. The molecule has 1 heterocycles. The lowest BCUT2D eigenvalue weighted by Crippen LogP contribution is -2.40. The molecule has 0 aliphatic carbocycles. The number of carboxylic acids is 1. The van der Waals surface area contributed by atoms with E-state index in [1.165, 1.54) is 16.7 Å². The predicted octanol–water partition coefficient (Wildman–Crippen LogP) is 7.01. The summed E-state index contributed by atoms with van der Waals surface area (Å²) in [4.78, 5) is 13.6. The van der Waals surface area contributed by atoms with E-state index in [2.05, 4.69) is 49.9 Å². The van der Waals surface area contributed by atoms with Crippen molar-refractivity contribution in [2.24, 2.45) is 0 Å². The van der Waals surface area contributed by atoms with Crippen LogP contribution in [0.1, 0.15) is 81.0 Å². The maximum absolute atomic E-state index is 11.4. The first kappa shape index (κ1) is 28.6. The normalized spacial score (nSPS) is 16.5. The first-order valence-corrected chi connectivity index (χ1v) is 13.5. The first-order chi connectivity index (χ1) is 17.9. The maximum Gasteiger partial charge on any atom is 0.304 e. The molecule has 202 valence electrons. The summed E-state index contributed by atoms with van der Waals surface area (Å²) in [7, 11) is 3.30. The summed E-state index contributed by atoms with van der Waals surface area (Å²) in [6.45, 7) is 8.46. The molecule has 2 aromatic carbocycles. The van der Waals surface area contributed by atoms with Crippen LogP contribution in [0.25, 0.3) is 5.57 Å². The Labute approximate surface area is 222 Å². The molecular formula is C31H43NO5. The zero-order chi connectivity index (χ0) is 26.8. The first-order valence-electron chi connectivity index (χ1n) is 13.5. The van der Waals surface area contributed by atoms with Gasteiger partial charge in [-0.1, -0.05) is 51.0 Å². The van der Waals surface area contributed by atoms with Crippen LogP contribution in [-0.2, 0) is 17.9 Å². The molecule has 0 spiro atoms. The number of benzene rings is 2. The van der Waals surface area contributed by atoms with Gasteiger partial charge in [0.1, 0.15) is 23.9 Å². The van der Waals surface area contributed by atoms with Crippen LogP contribution < -0.4 is 14.2 Å². The van der Waals surface area contributed by atoms with Gasteiger partial charge in [0.2, 0.25) is 0 Å². The lowest BCUT2D eigenvalue weighted by atomic mass is 9.93. The van der Waals surface area contributed by atoms with Gasteiger partial charge in [-0.05, 0) is 61.4 Å². The molecule has 1 fully saturated rings. The quantitative estimate of drug-likeness (QED) is 0.313. The number of hydrogen-bond donors (Lipinski definition) is 1. The Morgan fingerprint density at radius 1 is 1.14 bits per heavy atom. The third-order valence-corrected chi connectivity index (χ3v) is 7.26. The van der Waals surface area contributed by atoms with Crippen LogP contribution in [0, 0.1) is 6.92 Å². The molecule has 0 aromatic heterocycles. The standard InChI is InChI=1S/C31H43NO5/c1-6-11-23(12-7-2)27-15-10-13-24(22(27)3)21-37-26-18-29(35-4)28(30(19-26)36-5)20-32-16-9-8-14-25(32)17-31(33)34/h10-11,13,15,18-19,25H,6-9,12,14,16-17,20-21H2,1-5H3,(H,33,34)/b23-11+/t25-/m0/s1. The van der Waals surface area contributed by atoms with Crippen LogP contribution in [0.4, 0.5) is 0 Å². The molecule has 6 nitrogen and oxygen atoms in total. The number of aliphatic carboxylic acids is 1. The van der Waals surface area contributed by atoms with Crippen LogP contribution in [0.5, 0.6) is 17.2 Å². The van der Waals surface area contributed by atoms with E-state index >= 15 is 0 Å². The Hall–Kier alpha value is -2.99. The highest BCUT2D eigenvalue weighted by atomic mass is 16.5. The zero-order valence-corrected chi connectivity index (χ0v) is 23.1. The van der Waals surface area contributed by atoms with Gasteiger partial charge >= 0.3 is 5.97 Å². The van der Waals surface area contributed by atoms with Gasteiger partial charge in [-0.15, -0.1) is 0 Å². The average Bonchev–Trinajstić information content (AvgIpc) is 2.89. The minimum absolute atomic E-state index is 0.0196. The molecule has 0 unspecified atom stereocenters. The number of ether oxygens (including phenoxy) is 3. The van der Waals surface area contributed by atoms with Crippen molar-refractivity contribution >= 4 is 11.5 Å². The second-order valence-electron chi connectivity index (χ2n) is 9.79. The minimum Gasteiger partial charge on any atom is -0.496 e. The van der Waals surface area contributed by atoms with Crippen molar-refractivity contribution in [3.63, 3.8) is 0 Å². The molecule has 3 rings (SSSR count). The lowest BCUT2D eigenvalue weighted by molar-refractivity contribution is -0.138. The summed E-state index contributed by atoms with van der Waals surface area (Å²) in [5.41, 5.74) is 6.02. The molecule has 1 N–H and O–H groups in total. The van der Waals surface area contributed by atoms with Crippen molar-refractivity contribution in [2.45, 2.75) is 84.9 Å². The SMILES string of the molecule is CC/C=C(\CCC)c1cccc(COc2cc(OC)c(CN3CCCC[C@H]3CC(=O)O)c(OC)c2)c1C. The van der Waals surface area contributed by atoms with E-state index in [9.17, 15) is 9.90 Å². The van der Waals surface area contributed by atoms with Gasteiger partial charge in [0.25, 0.3) is 0 Å². The number of allylic oxidation sites excluding steroid dienone is 2. The van der Waals surface area contributed by atoms with Crippen LogP contribution >= 0.6 is 0 Å². The molecule has 6 heteroatoms. The molecule has 0 radical (unpaired) electrons. The number of carboxylic acid groups (broad SMARTS) is 1. The number of likely N-dealkylation sites (tertiary alicyclic amines) is 1. The fourth-order valence-electron chi connectivity index (χ4n) is 5.31. The third kappa shape index (κ3) is 7.51. The van der Waals surface area contributed by atoms with Gasteiger partial charge < -0.3 is 19.3 Å². The highest BCUT2D eigenvalue weighted by molar-refractivity contribution is 5.69. The minimum atomic E-state index is -0.758. The number of piperidine rings is 1. The second kappa shape index (κ2) is 14.1. The summed E-state index contributed by atoms with van der Waals surface area (Å²) >= 11 is 0. The van der Waals surface area contributed by atoms with E-state index in [1.807, 2.05) is 12.1 Å². The van der Waals surface area contributed by atoms with Gasteiger partial charge in [0.15, 0.2) is 0 Å². The summed E-state index contributed by atoms with van der Waals surface area (Å²) in [6, 6.07) is 10.3. The molecule has 1 aliphatic rings. The van der Waals surface area contributed by atoms with Gasteiger partial charge in [-0.25, -0.2) is 0 Å². The monoisotopic (exact) mass is 509 g/mol. The molecule has 2 aromatic rings. The largest absolute Gasteiger partial charge is 0.496 e. The van der Waals surface area contributed by atoms with Crippen LogP contribution in [-0.4, -0.2) is 42.8 Å². The van der Waals surface area contributed by atoms with Crippen molar-refractivity contribution in [1.82, 2.24) is 4.90 Å². The van der Waals surface area contributed by atoms with Gasteiger partial charge in [0.05, 0.1) is 26.2 Å². The zero-order valence-electron chi connectivity index (χ0n) is 23.1. The summed E-state index contributed by atoms with van der Waals surface area (Å²) < 4.78 is 17.8. The van der Waals surface area contributed by atoms with E-state index in [0.717, 1.165) is 56.2 Å². The van der Waals surface area contributed by atoms with Crippen molar-refractivity contribution in [1.29, 1.82) is 0 Å². The Kier molecular flexibility index (Phi) is 10.9. The van der Waals surface area contributed by atoms with Gasteiger partial charge in [-0.3, -0.25) is 9.69 Å². The van der Waals surface area contributed by atoms with Crippen LogP contribution in [0.15, 0.2) is 36.4 Å². The van der Waals surface area contributed by atoms with E-state index in [1.54, 1.807) is 14.2 Å². The topological polar surface area (TPSA) is 68.2 Å². The highest BCUT2D eigenvalue weighted by Gasteiger charge is 2.27. The fourth-order valence-corrected chi connectivity index (χ4v) is 5.31. The Morgan fingerprint density at radius 3 is 2.49 bits per heavy atom. The highest BCUT2D eigenvalue weighted by Crippen LogP contribution is 2.37. The van der Waals surface area contributed by atoms with Crippen LogP contribution in [0.3, 0.4) is 0 Å². The van der Waals surface area contributed by atoms with Crippen molar-refractivity contribution < 1.29 is 24.1 Å². The number of hydrogen-bond acceptors (Lipinski definition) is 5. The Morgan fingerprint density at radius 2 is 1.86 bits per heavy atom.